The van der Waals surface area contributed by atoms with Crippen LogP contribution < -0.4 is 15.0 Å². The molecule has 5 nitrogen and oxygen atoms in total. The zero-order valence-corrected chi connectivity index (χ0v) is 12.6. The van der Waals surface area contributed by atoms with Gasteiger partial charge in [0, 0.05) is 32.2 Å². The van der Waals surface area contributed by atoms with Crippen molar-refractivity contribution in [3.63, 3.8) is 0 Å². The SMILES string of the molecule is CC(C)Oc1ccc(-c2cc(N3CCNCC3)n[nH]2)cc1. The molecule has 1 saturated heterocycles. The Morgan fingerprint density at radius 2 is 1.86 bits per heavy atom. The molecule has 1 aromatic carbocycles. The van der Waals surface area contributed by atoms with Crippen molar-refractivity contribution in [2.75, 3.05) is 31.1 Å². The van der Waals surface area contributed by atoms with Crippen LogP contribution in [0, 0.1) is 0 Å². The first-order chi connectivity index (χ1) is 10.2. The fraction of sp³-hybridized carbons (Fsp3) is 0.438. The fourth-order valence-corrected chi connectivity index (χ4v) is 2.50. The molecule has 0 saturated carbocycles. The van der Waals surface area contributed by atoms with Crippen molar-refractivity contribution in [3.05, 3.63) is 30.3 Å². The third-order valence-electron chi connectivity index (χ3n) is 3.54. The Hall–Kier alpha value is -2.01. The largest absolute Gasteiger partial charge is 0.491 e. The number of aromatic nitrogens is 2. The third-order valence-corrected chi connectivity index (χ3v) is 3.54. The summed E-state index contributed by atoms with van der Waals surface area (Å²) < 4.78 is 5.66. The predicted molar refractivity (Wildman–Crippen MR) is 84.9 cm³/mol. The van der Waals surface area contributed by atoms with Crippen LogP contribution in [-0.2, 0) is 0 Å². The molecule has 2 heterocycles. The van der Waals surface area contributed by atoms with Gasteiger partial charge in [0.1, 0.15) is 5.75 Å². The standard InChI is InChI=1S/C16H22N4O/c1-12(2)21-14-5-3-13(4-6-14)15-11-16(19-18-15)20-9-7-17-8-10-20/h3-6,11-12,17H,7-10H2,1-2H3,(H,18,19). The molecule has 0 aliphatic carbocycles. The number of aromatic amines is 1. The van der Waals surface area contributed by atoms with E-state index in [1.165, 1.54) is 0 Å². The Morgan fingerprint density at radius 1 is 1.14 bits per heavy atom. The van der Waals surface area contributed by atoms with Crippen molar-refractivity contribution in [1.82, 2.24) is 15.5 Å². The lowest BCUT2D eigenvalue weighted by atomic mass is 10.1. The Morgan fingerprint density at radius 3 is 2.52 bits per heavy atom. The molecule has 1 aliphatic rings. The number of H-pyrrole nitrogens is 1. The van der Waals surface area contributed by atoms with Crippen LogP contribution in [0.1, 0.15) is 13.8 Å². The van der Waals surface area contributed by atoms with Gasteiger partial charge in [-0.3, -0.25) is 5.10 Å². The summed E-state index contributed by atoms with van der Waals surface area (Å²) in [5.74, 6) is 1.92. The van der Waals surface area contributed by atoms with Gasteiger partial charge in [0.05, 0.1) is 11.8 Å². The van der Waals surface area contributed by atoms with Crippen molar-refractivity contribution < 1.29 is 4.74 Å². The van der Waals surface area contributed by atoms with E-state index in [2.05, 4.69) is 38.6 Å². The maximum absolute atomic E-state index is 5.66. The van der Waals surface area contributed by atoms with Crippen molar-refractivity contribution in [2.24, 2.45) is 0 Å². The van der Waals surface area contributed by atoms with Crippen molar-refractivity contribution in [1.29, 1.82) is 0 Å². The second-order valence-electron chi connectivity index (χ2n) is 5.57. The summed E-state index contributed by atoms with van der Waals surface area (Å²) in [4.78, 5) is 2.30. The van der Waals surface area contributed by atoms with Gasteiger partial charge in [-0.15, -0.1) is 0 Å². The molecular formula is C16H22N4O. The highest BCUT2D eigenvalue weighted by atomic mass is 16.5. The minimum Gasteiger partial charge on any atom is -0.491 e. The molecule has 0 radical (unpaired) electrons. The topological polar surface area (TPSA) is 53.2 Å². The first kappa shape index (κ1) is 13.9. The smallest absolute Gasteiger partial charge is 0.151 e. The second-order valence-corrected chi connectivity index (χ2v) is 5.57. The maximum atomic E-state index is 5.66. The molecule has 0 spiro atoms. The number of ether oxygens (including phenoxy) is 1. The van der Waals surface area contributed by atoms with E-state index in [0.29, 0.717) is 0 Å². The summed E-state index contributed by atoms with van der Waals surface area (Å²) in [6.07, 6.45) is 0.197. The molecule has 0 unspecified atom stereocenters. The first-order valence-corrected chi connectivity index (χ1v) is 7.50. The van der Waals surface area contributed by atoms with Gasteiger partial charge in [-0.05, 0) is 43.7 Å². The fourth-order valence-electron chi connectivity index (χ4n) is 2.50. The van der Waals surface area contributed by atoms with Gasteiger partial charge in [0.2, 0.25) is 0 Å². The summed E-state index contributed by atoms with van der Waals surface area (Å²) in [6.45, 7) is 8.11. The highest BCUT2D eigenvalue weighted by Gasteiger charge is 2.14. The van der Waals surface area contributed by atoms with E-state index in [9.17, 15) is 0 Å². The number of hydrogen-bond donors (Lipinski definition) is 2. The van der Waals surface area contributed by atoms with Crippen LogP contribution in [0.2, 0.25) is 0 Å². The average Bonchev–Trinajstić information content (AvgIpc) is 2.98. The molecule has 112 valence electrons. The molecule has 0 bridgehead atoms. The normalized spacial score (nSPS) is 15.5. The van der Waals surface area contributed by atoms with Gasteiger partial charge in [0.15, 0.2) is 5.82 Å². The Bertz CT molecular complexity index is 570. The molecule has 1 aliphatic heterocycles. The van der Waals surface area contributed by atoms with Crippen molar-refractivity contribution in [2.45, 2.75) is 20.0 Å². The summed E-state index contributed by atoms with van der Waals surface area (Å²) >= 11 is 0. The number of hydrogen-bond acceptors (Lipinski definition) is 4. The van der Waals surface area contributed by atoms with Crippen LogP contribution in [-0.4, -0.2) is 42.5 Å². The lowest BCUT2D eigenvalue weighted by molar-refractivity contribution is 0.242. The number of anilines is 1. The van der Waals surface area contributed by atoms with E-state index >= 15 is 0 Å². The summed E-state index contributed by atoms with van der Waals surface area (Å²) in [5, 5.41) is 10.9. The van der Waals surface area contributed by atoms with E-state index < -0.39 is 0 Å². The van der Waals surface area contributed by atoms with Gasteiger partial charge in [-0.2, -0.15) is 5.10 Å². The van der Waals surface area contributed by atoms with E-state index in [4.69, 9.17) is 4.74 Å². The molecule has 3 rings (SSSR count). The summed E-state index contributed by atoms with van der Waals surface area (Å²) in [6, 6.07) is 10.2. The van der Waals surface area contributed by atoms with E-state index in [-0.39, 0.29) is 6.10 Å². The van der Waals surface area contributed by atoms with E-state index in [1.807, 2.05) is 26.0 Å². The molecule has 0 amide bonds. The van der Waals surface area contributed by atoms with E-state index in [0.717, 1.165) is 49.0 Å². The van der Waals surface area contributed by atoms with E-state index in [1.54, 1.807) is 0 Å². The van der Waals surface area contributed by atoms with Crippen LogP contribution in [0.15, 0.2) is 30.3 Å². The highest BCUT2D eigenvalue weighted by molar-refractivity contribution is 5.64. The minimum absolute atomic E-state index is 0.197. The number of benzene rings is 1. The van der Waals surface area contributed by atoms with Crippen LogP contribution in [0.4, 0.5) is 5.82 Å². The van der Waals surface area contributed by atoms with Crippen LogP contribution in [0.25, 0.3) is 11.3 Å². The Balaban J connectivity index is 1.73. The zero-order chi connectivity index (χ0) is 14.7. The molecule has 2 aromatic rings. The molecule has 2 N–H and O–H groups in total. The Labute approximate surface area is 125 Å². The molecule has 1 fully saturated rings. The quantitative estimate of drug-likeness (QED) is 0.905. The third kappa shape index (κ3) is 3.36. The van der Waals surface area contributed by atoms with Crippen LogP contribution in [0.5, 0.6) is 5.75 Å². The van der Waals surface area contributed by atoms with Gasteiger partial charge in [-0.1, -0.05) is 0 Å². The number of piperazine rings is 1. The zero-order valence-electron chi connectivity index (χ0n) is 12.6. The maximum Gasteiger partial charge on any atom is 0.151 e. The first-order valence-electron chi connectivity index (χ1n) is 7.50. The number of nitrogens with zero attached hydrogens (tertiary/aromatic N) is 2. The molecule has 1 aromatic heterocycles. The monoisotopic (exact) mass is 286 g/mol. The molecule has 21 heavy (non-hydrogen) atoms. The van der Waals surface area contributed by atoms with Gasteiger partial charge < -0.3 is 15.0 Å². The van der Waals surface area contributed by atoms with Gasteiger partial charge in [-0.25, -0.2) is 0 Å². The second kappa shape index (κ2) is 6.18. The number of nitrogens with one attached hydrogen (secondary N) is 2. The molecule has 5 heteroatoms. The lowest BCUT2D eigenvalue weighted by Gasteiger charge is -2.26. The van der Waals surface area contributed by atoms with Gasteiger partial charge in [0.25, 0.3) is 0 Å². The number of rotatable bonds is 4. The van der Waals surface area contributed by atoms with Crippen LogP contribution in [0.3, 0.4) is 0 Å². The van der Waals surface area contributed by atoms with Gasteiger partial charge >= 0.3 is 0 Å². The predicted octanol–water partition coefficient (Wildman–Crippen LogP) is 2.27. The minimum atomic E-state index is 0.197. The average molecular weight is 286 g/mol. The summed E-state index contributed by atoms with van der Waals surface area (Å²) in [7, 11) is 0. The highest BCUT2D eigenvalue weighted by Crippen LogP contribution is 2.24. The molecular weight excluding hydrogens is 264 g/mol. The van der Waals surface area contributed by atoms with Crippen LogP contribution >= 0.6 is 0 Å². The molecule has 0 atom stereocenters. The Kier molecular flexibility index (Phi) is 4.10. The lowest BCUT2D eigenvalue weighted by Crippen LogP contribution is -2.43. The summed E-state index contributed by atoms with van der Waals surface area (Å²) in [5.41, 5.74) is 2.17. The van der Waals surface area contributed by atoms with Crippen molar-refractivity contribution in [3.8, 4) is 17.0 Å². The van der Waals surface area contributed by atoms with Crippen molar-refractivity contribution >= 4 is 5.82 Å².